The number of ether oxygens (including phenoxy) is 1. The predicted octanol–water partition coefficient (Wildman–Crippen LogP) is 3.40. The molecule has 1 aromatic carbocycles. The number of rotatable bonds is 7. The maximum absolute atomic E-state index is 12.2. The van der Waals surface area contributed by atoms with E-state index in [4.69, 9.17) is 4.74 Å². The van der Waals surface area contributed by atoms with E-state index < -0.39 is 0 Å². The van der Waals surface area contributed by atoms with Gasteiger partial charge < -0.3 is 10.1 Å². The van der Waals surface area contributed by atoms with Crippen LogP contribution in [0.15, 0.2) is 67.1 Å². The van der Waals surface area contributed by atoms with Gasteiger partial charge in [0.1, 0.15) is 5.75 Å². The largest absolute Gasteiger partial charge is 0.494 e. The van der Waals surface area contributed by atoms with Gasteiger partial charge in [0.15, 0.2) is 0 Å². The summed E-state index contributed by atoms with van der Waals surface area (Å²) >= 11 is 0. The van der Waals surface area contributed by atoms with Crippen molar-refractivity contribution in [3.8, 4) is 17.0 Å². The number of benzene rings is 1. The van der Waals surface area contributed by atoms with Crippen LogP contribution in [0, 0.1) is 0 Å². The third-order valence-corrected chi connectivity index (χ3v) is 3.87. The Morgan fingerprint density at radius 2 is 1.92 bits per heavy atom. The van der Waals surface area contributed by atoms with Crippen molar-refractivity contribution in [1.29, 1.82) is 0 Å². The fraction of sp³-hybridized carbons (Fsp3) is 0.190. The van der Waals surface area contributed by atoms with E-state index in [1.54, 1.807) is 18.6 Å². The third kappa shape index (κ3) is 4.89. The van der Waals surface area contributed by atoms with E-state index in [9.17, 15) is 4.79 Å². The van der Waals surface area contributed by atoms with Gasteiger partial charge in [-0.1, -0.05) is 12.1 Å². The summed E-state index contributed by atoms with van der Waals surface area (Å²) in [6.45, 7) is 3.04. The summed E-state index contributed by atoms with van der Waals surface area (Å²) in [6, 6.07) is 15.3. The van der Waals surface area contributed by atoms with E-state index in [-0.39, 0.29) is 5.91 Å². The lowest BCUT2D eigenvalue weighted by molar-refractivity contribution is -0.120. The minimum atomic E-state index is -0.0195. The lowest BCUT2D eigenvalue weighted by atomic mass is 10.1. The Bertz CT molecular complexity index is 849. The fourth-order valence-corrected chi connectivity index (χ4v) is 2.58. The Morgan fingerprint density at radius 3 is 2.65 bits per heavy atom. The Balaban J connectivity index is 1.56. The van der Waals surface area contributed by atoms with Crippen molar-refractivity contribution < 1.29 is 9.53 Å². The Kier molecular flexibility index (Phi) is 5.93. The van der Waals surface area contributed by atoms with Gasteiger partial charge >= 0.3 is 0 Å². The second kappa shape index (κ2) is 8.76. The number of nitrogens with zero attached hydrogens (tertiary/aromatic N) is 2. The first-order valence-corrected chi connectivity index (χ1v) is 8.58. The maximum atomic E-state index is 12.2. The standard InChI is InChI=1S/C21H21N3O2/c1-2-26-19-7-5-16(6-8-19)13-21(25)24-14-17-9-11-23-20(12-17)18-4-3-10-22-15-18/h3-12,15H,2,13-14H2,1H3,(H,24,25). The zero-order chi connectivity index (χ0) is 18.2. The number of nitrogens with one attached hydrogen (secondary N) is 1. The molecule has 0 unspecified atom stereocenters. The SMILES string of the molecule is CCOc1ccc(CC(=O)NCc2ccnc(-c3cccnc3)c2)cc1. The van der Waals surface area contributed by atoms with Gasteiger partial charge in [0, 0.05) is 30.7 Å². The number of amides is 1. The van der Waals surface area contributed by atoms with E-state index >= 15 is 0 Å². The van der Waals surface area contributed by atoms with Crippen LogP contribution in [0.4, 0.5) is 0 Å². The van der Waals surface area contributed by atoms with Crippen LogP contribution in [0.3, 0.4) is 0 Å². The molecule has 0 radical (unpaired) electrons. The average molecular weight is 347 g/mol. The molecule has 0 bridgehead atoms. The second-order valence-corrected chi connectivity index (χ2v) is 5.82. The molecule has 132 valence electrons. The first-order valence-electron chi connectivity index (χ1n) is 8.58. The lowest BCUT2D eigenvalue weighted by Gasteiger charge is -2.08. The van der Waals surface area contributed by atoms with E-state index in [1.807, 2.05) is 55.5 Å². The zero-order valence-corrected chi connectivity index (χ0v) is 14.7. The van der Waals surface area contributed by atoms with Crippen LogP contribution in [-0.2, 0) is 17.8 Å². The summed E-state index contributed by atoms with van der Waals surface area (Å²) in [5.74, 6) is 0.797. The zero-order valence-electron chi connectivity index (χ0n) is 14.7. The molecule has 0 saturated heterocycles. The topological polar surface area (TPSA) is 64.1 Å². The predicted molar refractivity (Wildman–Crippen MR) is 101 cm³/mol. The van der Waals surface area contributed by atoms with Crippen LogP contribution >= 0.6 is 0 Å². The summed E-state index contributed by atoms with van der Waals surface area (Å²) in [5, 5.41) is 2.95. The first-order chi connectivity index (χ1) is 12.7. The van der Waals surface area contributed by atoms with Gasteiger partial charge in [-0.25, -0.2) is 0 Å². The van der Waals surface area contributed by atoms with Crippen molar-refractivity contribution in [2.24, 2.45) is 0 Å². The minimum Gasteiger partial charge on any atom is -0.494 e. The number of carbonyl (C=O) groups excluding carboxylic acids is 1. The molecule has 1 N–H and O–H groups in total. The highest BCUT2D eigenvalue weighted by Gasteiger charge is 2.05. The van der Waals surface area contributed by atoms with Gasteiger partial charge in [0.25, 0.3) is 0 Å². The van der Waals surface area contributed by atoms with Gasteiger partial charge in [-0.3, -0.25) is 14.8 Å². The van der Waals surface area contributed by atoms with Gasteiger partial charge in [0.2, 0.25) is 5.91 Å². The summed E-state index contributed by atoms with van der Waals surface area (Å²) < 4.78 is 5.41. The number of aromatic nitrogens is 2. The molecule has 2 heterocycles. The Labute approximate surface area is 153 Å². The number of pyridine rings is 2. The monoisotopic (exact) mass is 347 g/mol. The molecule has 0 fully saturated rings. The molecule has 0 aliphatic rings. The Morgan fingerprint density at radius 1 is 1.08 bits per heavy atom. The third-order valence-electron chi connectivity index (χ3n) is 3.87. The molecule has 0 saturated carbocycles. The summed E-state index contributed by atoms with van der Waals surface area (Å²) in [7, 11) is 0. The van der Waals surface area contributed by atoms with Gasteiger partial charge in [-0.05, 0) is 54.4 Å². The van der Waals surface area contributed by atoms with Crippen LogP contribution in [0.1, 0.15) is 18.1 Å². The van der Waals surface area contributed by atoms with Gasteiger partial charge in [0.05, 0.1) is 18.7 Å². The molecule has 0 atom stereocenters. The number of hydrogen-bond acceptors (Lipinski definition) is 4. The highest BCUT2D eigenvalue weighted by molar-refractivity contribution is 5.78. The quantitative estimate of drug-likeness (QED) is 0.711. The molecular formula is C21H21N3O2. The van der Waals surface area contributed by atoms with E-state index in [1.165, 1.54) is 0 Å². The van der Waals surface area contributed by atoms with Crippen LogP contribution in [-0.4, -0.2) is 22.5 Å². The molecule has 5 heteroatoms. The van der Waals surface area contributed by atoms with Gasteiger partial charge in [-0.2, -0.15) is 0 Å². The van der Waals surface area contributed by atoms with Crippen LogP contribution < -0.4 is 10.1 Å². The summed E-state index contributed by atoms with van der Waals surface area (Å²) in [5.41, 5.74) is 3.75. The molecule has 5 nitrogen and oxygen atoms in total. The maximum Gasteiger partial charge on any atom is 0.224 e. The first kappa shape index (κ1) is 17.6. The minimum absolute atomic E-state index is 0.0195. The molecule has 0 aliphatic heterocycles. The molecule has 3 aromatic rings. The molecule has 0 aliphatic carbocycles. The molecular weight excluding hydrogens is 326 g/mol. The van der Waals surface area contributed by atoms with E-state index in [2.05, 4.69) is 15.3 Å². The highest BCUT2D eigenvalue weighted by atomic mass is 16.5. The summed E-state index contributed by atoms with van der Waals surface area (Å²) in [6.07, 6.45) is 5.59. The molecule has 26 heavy (non-hydrogen) atoms. The van der Waals surface area contributed by atoms with Crippen molar-refractivity contribution in [3.05, 3.63) is 78.2 Å². The summed E-state index contributed by atoms with van der Waals surface area (Å²) in [4.78, 5) is 20.7. The molecule has 0 spiro atoms. The lowest BCUT2D eigenvalue weighted by Crippen LogP contribution is -2.24. The van der Waals surface area contributed by atoms with Crippen molar-refractivity contribution in [2.45, 2.75) is 19.9 Å². The fourth-order valence-electron chi connectivity index (χ4n) is 2.58. The number of hydrogen-bond donors (Lipinski definition) is 1. The van der Waals surface area contributed by atoms with Crippen molar-refractivity contribution >= 4 is 5.91 Å². The number of carbonyl (C=O) groups is 1. The van der Waals surface area contributed by atoms with Crippen molar-refractivity contribution in [2.75, 3.05) is 6.61 Å². The molecule has 2 aromatic heterocycles. The Hall–Kier alpha value is -3.21. The van der Waals surface area contributed by atoms with Crippen molar-refractivity contribution in [1.82, 2.24) is 15.3 Å². The molecule has 1 amide bonds. The second-order valence-electron chi connectivity index (χ2n) is 5.82. The average Bonchev–Trinajstić information content (AvgIpc) is 2.69. The van der Waals surface area contributed by atoms with E-state index in [0.29, 0.717) is 19.6 Å². The van der Waals surface area contributed by atoms with E-state index in [0.717, 1.165) is 28.1 Å². The van der Waals surface area contributed by atoms with Crippen LogP contribution in [0.5, 0.6) is 5.75 Å². The smallest absolute Gasteiger partial charge is 0.224 e. The highest BCUT2D eigenvalue weighted by Crippen LogP contribution is 2.16. The normalized spacial score (nSPS) is 10.3. The molecule has 3 rings (SSSR count). The van der Waals surface area contributed by atoms with Crippen LogP contribution in [0.2, 0.25) is 0 Å². The van der Waals surface area contributed by atoms with Crippen LogP contribution in [0.25, 0.3) is 11.3 Å². The van der Waals surface area contributed by atoms with Crippen molar-refractivity contribution in [3.63, 3.8) is 0 Å². The van der Waals surface area contributed by atoms with Gasteiger partial charge in [-0.15, -0.1) is 0 Å².